The number of nitrogens with two attached hydrogens (primary N) is 1. The van der Waals surface area contributed by atoms with E-state index in [9.17, 15) is 10.1 Å². The van der Waals surface area contributed by atoms with Crippen molar-refractivity contribution in [3.8, 4) is 0 Å². The Balaban J connectivity index is 0.00000256. The van der Waals surface area contributed by atoms with Gasteiger partial charge in [-0.2, -0.15) is 0 Å². The molecule has 0 radical (unpaired) electrons. The van der Waals surface area contributed by atoms with Crippen molar-refractivity contribution < 1.29 is 9.92 Å². The van der Waals surface area contributed by atoms with Crippen molar-refractivity contribution in [3.05, 3.63) is 10.1 Å². The third-order valence-corrected chi connectivity index (χ3v) is 3.49. The van der Waals surface area contributed by atoms with Crippen LogP contribution in [0.15, 0.2) is 0 Å². The second kappa shape index (κ2) is 9.48. The molecule has 0 amide bonds. The predicted octanol–water partition coefficient (Wildman–Crippen LogP) is 2.55. The van der Waals surface area contributed by atoms with Crippen molar-refractivity contribution >= 4 is 12.4 Å². The van der Waals surface area contributed by atoms with Crippen molar-refractivity contribution in [2.75, 3.05) is 13.2 Å². The normalized spacial score (nSPS) is 23.8. The number of nitrogens with zero attached hydrogens (tertiary/aromatic N) is 1. The van der Waals surface area contributed by atoms with Gasteiger partial charge in [-0.25, -0.2) is 0 Å². The average molecular weight is 267 g/mol. The quantitative estimate of drug-likeness (QED) is 0.436. The highest BCUT2D eigenvalue weighted by molar-refractivity contribution is 5.85. The van der Waals surface area contributed by atoms with Crippen molar-refractivity contribution in [1.29, 1.82) is 0 Å². The minimum atomic E-state index is -0.710. The zero-order valence-corrected chi connectivity index (χ0v) is 11.0. The standard InChI is InChI=1S/C11H22N2O3.ClH/c12-8-7-11-5-3-10(4-6-11)2-1-9-16-13(14)15;/h10-11H,1-9,12H2;1H/t10-,11-;. The first-order chi connectivity index (χ1) is 7.72. The zero-order chi connectivity index (χ0) is 11.8. The van der Waals surface area contributed by atoms with Crippen molar-refractivity contribution in [3.63, 3.8) is 0 Å². The number of hydrogen-bond donors (Lipinski definition) is 1. The third-order valence-electron chi connectivity index (χ3n) is 3.49. The van der Waals surface area contributed by atoms with Crippen LogP contribution in [0.4, 0.5) is 0 Å². The molecule has 5 nitrogen and oxygen atoms in total. The van der Waals surface area contributed by atoms with Gasteiger partial charge in [-0.1, -0.05) is 25.7 Å². The molecule has 102 valence electrons. The summed E-state index contributed by atoms with van der Waals surface area (Å²) in [4.78, 5) is 14.2. The number of rotatable bonds is 7. The molecule has 1 aliphatic rings. The van der Waals surface area contributed by atoms with Gasteiger partial charge in [0, 0.05) is 0 Å². The molecule has 0 aromatic carbocycles. The second-order valence-electron chi connectivity index (χ2n) is 4.66. The maximum atomic E-state index is 9.94. The van der Waals surface area contributed by atoms with Crippen LogP contribution in [-0.2, 0) is 4.84 Å². The molecule has 0 atom stereocenters. The summed E-state index contributed by atoms with van der Waals surface area (Å²) >= 11 is 0. The first kappa shape index (κ1) is 16.4. The van der Waals surface area contributed by atoms with E-state index in [-0.39, 0.29) is 19.0 Å². The summed E-state index contributed by atoms with van der Waals surface area (Å²) in [6.07, 6.45) is 8.07. The van der Waals surface area contributed by atoms with E-state index in [0.717, 1.165) is 37.6 Å². The van der Waals surface area contributed by atoms with Gasteiger partial charge in [0.15, 0.2) is 0 Å². The molecule has 0 aliphatic heterocycles. The molecule has 0 saturated heterocycles. The Labute approximate surface area is 109 Å². The lowest BCUT2D eigenvalue weighted by molar-refractivity contribution is -0.757. The van der Waals surface area contributed by atoms with E-state index in [1.807, 2.05) is 0 Å². The average Bonchev–Trinajstić information content (AvgIpc) is 2.27. The summed E-state index contributed by atoms with van der Waals surface area (Å²) in [5.74, 6) is 1.56. The molecular weight excluding hydrogens is 244 g/mol. The summed E-state index contributed by atoms with van der Waals surface area (Å²) in [5.41, 5.74) is 5.54. The van der Waals surface area contributed by atoms with Crippen LogP contribution in [0.5, 0.6) is 0 Å². The van der Waals surface area contributed by atoms with Crippen LogP contribution in [0, 0.1) is 22.0 Å². The van der Waals surface area contributed by atoms with E-state index in [4.69, 9.17) is 5.73 Å². The van der Waals surface area contributed by atoms with Gasteiger partial charge in [-0.15, -0.1) is 22.5 Å². The van der Waals surface area contributed by atoms with Crippen LogP contribution >= 0.6 is 12.4 Å². The smallest absolute Gasteiger partial charge is 0.294 e. The van der Waals surface area contributed by atoms with Gasteiger partial charge in [-0.3, -0.25) is 0 Å². The maximum Gasteiger partial charge on any atom is 0.294 e. The maximum absolute atomic E-state index is 9.94. The van der Waals surface area contributed by atoms with Gasteiger partial charge < -0.3 is 10.6 Å². The van der Waals surface area contributed by atoms with Crippen LogP contribution in [0.1, 0.15) is 44.9 Å². The van der Waals surface area contributed by atoms with Crippen molar-refractivity contribution in [2.24, 2.45) is 17.6 Å². The molecule has 17 heavy (non-hydrogen) atoms. The molecule has 0 unspecified atom stereocenters. The lowest BCUT2D eigenvalue weighted by atomic mass is 9.79. The van der Waals surface area contributed by atoms with Crippen LogP contribution < -0.4 is 5.73 Å². The Morgan fingerprint density at radius 3 is 2.18 bits per heavy atom. The Morgan fingerprint density at radius 1 is 1.18 bits per heavy atom. The molecule has 2 N–H and O–H groups in total. The fraction of sp³-hybridized carbons (Fsp3) is 1.00. The minimum absolute atomic E-state index is 0. The van der Waals surface area contributed by atoms with E-state index in [1.54, 1.807) is 0 Å². The van der Waals surface area contributed by atoms with E-state index >= 15 is 0 Å². The summed E-state index contributed by atoms with van der Waals surface area (Å²) in [7, 11) is 0. The van der Waals surface area contributed by atoms with E-state index in [2.05, 4.69) is 4.84 Å². The Morgan fingerprint density at radius 2 is 1.71 bits per heavy atom. The minimum Gasteiger partial charge on any atom is -0.330 e. The third kappa shape index (κ3) is 7.39. The van der Waals surface area contributed by atoms with Gasteiger partial charge in [0.05, 0.1) is 6.61 Å². The first-order valence-electron chi connectivity index (χ1n) is 6.19. The van der Waals surface area contributed by atoms with E-state index in [1.165, 1.54) is 25.7 Å². The second-order valence-corrected chi connectivity index (χ2v) is 4.66. The topological polar surface area (TPSA) is 78.4 Å². The van der Waals surface area contributed by atoms with E-state index < -0.39 is 5.09 Å². The molecule has 0 heterocycles. The van der Waals surface area contributed by atoms with Crippen molar-refractivity contribution in [2.45, 2.75) is 44.9 Å². The largest absolute Gasteiger partial charge is 0.330 e. The lowest BCUT2D eigenvalue weighted by Crippen LogP contribution is -2.17. The van der Waals surface area contributed by atoms with Crippen LogP contribution in [0.2, 0.25) is 0 Å². The summed E-state index contributed by atoms with van der Waals surface area (Å²) < 4.78 is 0. The van der Waals surface area contributed by atoms with Gasteiger partial charge in [0.2, 0.25) is 0 Å². The van der Waals surface area contributed by atoms with Crippen LogP contribution in [0.3, 0.4) is 0 Å². The molecule has 1 aliphatic carbocycles. The number of halogens is 1. The van der Waals surface area contributed by atoms with Gasteiger partial charge in [-0.05, 0) is 37.6 Å². The Bertz CT molecular complexity index is 209. The van der Waals surface area contributed by atoms with Crippen molar-refractivity contribution in [1.82, 2.24) is 0 Å². The molecule has 0 aromatic rings. The molecule has 0 aromatic heterocycles. The molecule has 1 rings (SSSR count). The van der Waals surface area contributed by atoms with Gasteiger partial charge in [0.25, 0.3) is 5.09 Å². The van der Waals surface area contributed by atoms with Crippen LogP contribution in [-0.4, -0.2) is 18.2 Å². The monoisotopic (exact) mass is 266 g/mol. The fourth-order valence-electron chi connectivity index (χ4n) is 2.56. The highest BCUT2D eigenvalue weighted by Gasteiger charge is 2.20. The van der Waals surface area contributed by atoms with E-state index in [0.29, 0.717) is 0 Å². The fourth-order valence-corrected chi connectivity index (χ4v) is 2.56. The molecule has 1 saturated carbocycles. The van der Waals surface area contributed by atoms with Gasteiger partial charge >= 0.3 is 0 Å². The summed E-state index contributed by atoms with van der Waals surface area (Å²) in [5, 5.41) is 9.23. The first-order valence-corrected chi connectivity index (χ1v) is 6.19. The molecular formula is C11H23ClN2O3. The highest BCUT2D eigenvalue weighted by Crippen LogP contribution is 2.32. The number of hydrogen-bond acceptors (Lipinski definition) is 4. The lowest BCUT2D eigenvalue weighted by Gasteiger charge is -2.28. The molecule has 0 bridgehead atoms. The predicted molar refractivity (Wildman–Crippen MR) is 68.5 cm³/mol. The Kier molecular flexibility index (Phi) is 9.17. The Hall–Kier alpha value is -0.550. The van der Waals surface area contributed by atoms with Gasteiger partial charge in [0.1, 0.15) is 0 Å². The molecule has 1 fully saturated rings. The molecule has 6 heteroatoms. The zero-order valence-electron chi connectivity index (χ0n) is 10.2. The SMILES string of the molecule is Cl.NCC[C@H]1CC[C@H](CCCO[N+](=O)[O-])CC1. The summed E-state index contributed by atoms with van der Waals surface area (Å²) in [6.45, 7) is 1.04. The van der Waals surface area contributed by atoms with Crippen LogP contribution in [0.25, 0.3) is 0 Å². The highest BCUT2D eigenvalue weighted by atomic mass is 35.5. The summed E-state index contributed by atoms with van der Waals surface area (Å²) in [6, 6.07) is 0. The molecule has 0 spiro atoms.